The van der Waals surface area contributed by atoms with Crippen LogP contribution in [0.2, 0.25) is 0 Å². The van der Waals surface area contributed by atoms with Gasteiger partial charge in [-0.1, -0.05) is 0 Å². The molecule has 0 aliphatic heterocycles. The number of carbonyl (C=O) groups excluding carboxylic acids is 1. The molecule has 0 aliphatic rings. The van der Waals surface area contributed by atoms with Crippen LogP contribution in [0.15, 0.2) is 41.0 Å². The summed E-state index contributed by atoms with van der Waals surface area (Å²) in [6, 6.07) is 5.87. The van der Waals surface area contributed by atoms with Crippen LogP contribution in [0.3, 0.4) is 0 Å². The number of ether oxygens (including phenoxy) is 3. The Kier molecular flexibility index (Phi) is 7.08. The molecule has 0 bridgehead atoms. The van der Waals surface area contributed by atoms with E-state index < -0.39 is 30.0 Å². The molecule has 1 aromatic heterocycles. The lowest BCUT2D eigenvalue weighted by Gasteiger charge is -2.16. The minimum absolute atomic E-state index is 0.00252. The second-order valence-electron chi connectivity index (χ2n) is 6.35. The summed E-state index contributed by atoms with van der Waals surface area (Å²) < 4.78 is 58.7. The molecule has 7 nitrogen and oxygen atoms in total. The molecule has 3 N–H and O–H groups in total. The van der Waals surface area contributed by atoms with Crippen LogP contribution in [0.4, 0.5) is 24.7 Å². The Hall–Kier alpha value is -3.47. The molecule has 168 valence electrons. The molecule has 0 spiro atoms. The van der Waals surface area contributed by atoms with Crippen LogP contribution >= 0.6 is 15.9 Å². The number of hydrogen-bond donors (Lipinski definition) is 2. The van der Waals surface area contributed by atoms with Crippen LogP contribution in [-0.2, 0) is 6.61 Å². The molecule has 1 amide bonds. The number of anilines is 2. The molecular weight excluding hydrogens is 495 g/mol. The number of nitrogens with one attached hydrogen (secondary N) is 1. The maximum atomic E-state index is 14.6. The van der Waals surface area contributed by atoms with Crippen LogP contribution < -0.4 is 25.3 Å². The maximum Gasteiger partial charge on any atom is 0.252 e. The molecule has 0 unspecified atom stereocenters. The van der Waals surface area contributed by atoms with Crippen molar-refractivity contribution in [2.75, 3.05) is 19.5 Å². The summed E-state index contributed by atoms with van der Waals surface area (Å²) >= 11 is 3.18. The lowest BCUT2D eigenvalue weighted by atomic mass is 10.2. The average molecular weight is 512 g/mol. The molecule has 0 radical (unpaired) electrons. The monoisotopic (exact) mass is 511 g/mol. The van der Waals surface area contributed by atoms with Gasteiger partial charge in [0.1, 0.15) is 18.2 Å². The number of nitrogens with two attached hydrogens (primary N) is 1. The van der Waals surface area contributed by atoms with E-state index in [9.17, 15) is 18.0 Å². The molecule has 1 heterocycles. The van der Waals surface area contributed by atoms with Gasteiger partial charge in [-0.15, -0.1) is 0 Å². The third kappa shape index (κ3) is 4.88. The minimum atomic E-state index is -1.13. The molecule has 3 aromatic rings. The third-order valence-corrected chi connectivity index (χ3v) is 4.80. The van der Waals surface area contributed by atoms with Crippen LogP contribution in [0.1, 0.15) is 15.9 Å². The van der Waals surface area contributed by atoms with E-state index in [1.807, 2.05) is 0 Å². The Balaban J connectivity index is 1.95. The zero-order valence-corrected chi connectivity index (χ0v) is 18.4. The van der Waals surface area contributed by atoms with Crippen molar-refractivity contribution in [2.24, 2.45) is 5.73 Å². The SMILES string of the molecule is COc1cc(F)c(Nc2ncc(Br)cc2C(N)=O)cc1OCc1c(OC)ccc(F)c1F. The number of pyridine rings is 1. The molecule has 3 rings (SSSR count). The largest absolute Gasteiger partial charge is 0.496 e. The summed E-state index contributed by atoms with van der Waals surface area (Å²) in [5, 5.41) is 2.68. The molecule has 32 heavy (non-hydrogen) atoms. The molecule has 2 aromatic carbocycles. The topological polar surface area (TPSA) is 95.7 Å². The van der Waals surface area contributed by atoms with E-state index in [2.05, 4.69) is 26.2 Å². The fraction of sp³-hybridized carbons (Fsp3) is 0.143. The van der Waals surface area contributed by atoms with E-state index in [1.165, 1.54) is 38.6 Å². The average Bonchev–Trinajstić information content (AvgIpc) is 2.77. The Bertz CT molecular complexity index is 1180. The van der Waals surface area contributed by atoms with E-state index in [4.69, 9.17) is 19.9 Å². The Morgan fingerprint density at radius 1 is 1.06 bits per heavy atom. The smallest absolute Gasteiger partial charge is 0.252 e. The van der Waals surface area contributed by atoms with Gasteiger partial charge in [0.25, 0.3) is 5.91 Å². The molecule has 0 atom stereocenters. The molecule has 0 fully saturated rings. The molecular formula is C21H17BrF3N3O4. The Morgan fingerprint density at radius 3 is 2.44 bits per heavy atom. The number of halogens is 4. The van der Waals surface area contributed by atoms with Gasteiger partial charge in [-0.25, -0.2) is 18.2 Å². The van der Waals surface area contributed by atoms with Crippen molar-refractivity contribution in [1.29, 1.82) is 0 Å². The predicted octanol–water partition coefficient (Wildman–Crippen LogP) is 4.70. The van der Waals surface area contributed by atoms with Crippen molar-refractivity contribution in [3.63, 3.8) is 0 Å². The Morgan fingerprint density at radius 2 is 1.78 bits per heavy atom. The standard InChI is InChI=1S/C21H17BrF3N3O4/c1-30-16-4-3-13(23)19(25)12(16)9-32-18-7-15(14(24)6-17(18)31-2)28-21-11(20(26)29)5-10(22)8-27-21/h3-8H,9H2,1-2H3,(H2,26,29)(H,27,28). The van der Waals surface area contributed by atoms with E-state index in [-0.39, 0.29) is 39.9 Å². The minimum Gasteiger partial charge on any atom is -0.496 e. The molecule has 0 saturated heterocycles. The van der Waals surface area contributed by atoms with Crippen molar-refractivity contribution in [3.8, 4) is 17.2 Å². The number of amides is 1. The maximum absolute atomic E-state index is 14.6. The van der Waals surface area contributed by atoms with Gasteiger partial charge >= 0.3 is 0 Å². The van der Waals surface area contributed by atoms with Crippen molar-refractivity contribution in [3.05, 3.63) is 69.6 Å². The number of carbonyl (C=O) groups is 1. The lowest BCUT2D eigenvalue weighted by molar-refractivity contribution is 0.100. The van der Waals surface area contributed by atoms with Crippen molar-refractivity contribution >= 4 is 33.3 Å². The van der Waals surface area contributed by atoms with E-state index in [0.29, 0.717) is 4.47 Å². The highest BCUT2D eigenvalue weighted by molar-refractivity contribution is 9.10. The zero-order valence-electron chi connectivity index (χ0n) is 16.8. The Labute approximate surface area is 189 Å². The summed E-state index contributed by atoms with van der Waals surface area (Å²) in [6.07, 6.45) is 1.40. The molecule has 0 aliphatic carbocycles. The highest BCUT2D eigenvalue weighted by atomic mass is 79.9. The van der Waals surface area contributed by atoms with Crippen LogP contribution in [0, 0.1) is 17.5 Å². The van der Waals surface area contributed by atoms with Crippen molar-refractivity contribution in [2.45, 2.75) is 6.61 Å². The van der Waals surface area contributed by atoms with Gasteiger partial charge in [-0.2, -0.15) is 0 Å². The van der Waals surface area contributed by atoms with Crippen LogP contribution in [0.25, 0.3) is 0 Å². The number of methoxy groups -OCH3 is 2. The third-order valence-electron chi connectivity index (χ3n) is 4.37. The van der Waals surface area contributed by atoms with Gasteiger partial charge in [0, 0.05) is 22.8 Å². The summed E-state index contributed by atoms with van der Waals surface area (Å²) in [4.78, 5) is 15.7. The summed E-state index contributed by atoms with van der Waals surface area (Å²) in [6.45, 7) is -0.433. The number of rotatable bonds is 8. The number of aromatic nitrogens is 1. The lowest BCUT2D eigenvalue weighted by Crippen LogP contribution is -2.14. The zero-order chi connectivity index (χ0) is 23.4. The van der Waals surface area contributed by atoms with Gasteiger partial charge < -0.3 is 25.3 Å². The van der Waals surface area contributed by atoms with Gasteiger partial charge in [0.15, 0.2) is 29.0 Å². The van der Waals surface area contributed by atoms with Gasteiger partial charge in [0.2, 0.25) is 0 Å². The normalized spacial score (nSPS) is 10.6. The number of benzene rings is 2. The first-order valence-electron chi connectivity index (χ1n) is 8.98. The van der Waals surface area contributed by atoms with Gasteiger partial charge in [0.05, 0.1) is 31.0 Å². The first-order chi connectivity index (χ1) is 15.2. The van der Waals surface area contributed by atoms with Gasteiger partial charge in [-0.3, -0.25) is 4.79 Å². The second kappa shape index (κ2) is 9.77. The number of primary amides is 1. The van der Waals surface area contributed by atoms with E-state index in [0.717, 1.165) is 12.1 Å². The van der Waals surface area contributed by atoms with Gasteiger partial charge in [-0.05, 0) is 34.1 Å². The predicted molar refractivity (Wildman–Crippen MR) is 114 cm³/mol. The fourth-order valence-corrected chi connectivity index (χ4v) is 3.14. The second-order valence-corrected chi connectivity index (χ2v) is 7.27. The number of hydrogen-bond acceptors (Lipinski definition) is 6. The first kappa shape index (κ1) is 23.2. The van der Waals surface area contributed by atoms with Crippen molar-refractivity contribution in [1.82, 2.24) is 4.98 Å². The van der Waals surface area contributed by atoms with E-state index >= 15 is 0 Å². The highest BCUT2D eigenvalue weighted by Crippen LogP contribution is 2.36. The summed E-state index contributed by atoms with van der Waals surface area (Å²) in [7, 11) is 2.60. The number of nitrogens with zero attached hydrogens (tertiary/aromatic N) is 1. The first-order valence-corrected chi connectivity index (χ1v) is 9.78. The summed E-state index contributed by atoms with van der Waals surface area (Å²) in [5.41, 5.74) is 5.09. The molecule has 0 saturated carbocycles. The fourth-order valence-electron chi connectivity index (χ4n) is 2.81. The molecule has 11 heteroatoms. The van der Waals surface area contributed by atoms with Crippen LogP contribution in [0.5, 0.6) is 17.2 Å². The highest BCUT2D eigenvalue weighted by Gasteiger charge is 2.19. The quantitative estimate of drug-likeness (QED) is 0.455. The van der Waals surface area contributed by atoms with Crippen molar-refractivity contribution < 1.29 is 32.2 Å². The van der Waals surface area contributed by atoms with Crippen LogP contribution in [-0.4, -0.2) is 25.1 Å². The summed E-state index contributed by atoms with van der Waals surface area (Å²) in [5.74, 6) is -3.62. The van der Waals surface area contributed by atoms with E-state index in [1.54, 1.807) is 0 Å².